The summed E-state index contributed by atoms with van der Waals surface area (Å²) in [5.74, 6) is 0.623. The molecular weight excluding hydrogens is 441 g/mol. The Balaban J connectivity index is -0.0000000860. The molecule has 1 radical (unpaired) electrons. The number of hydrogen-bond donors (Lipinski definition) is 2. The van der Waals surface area contributed by atoms with E-state index in [1.165, 1.54) is 10.0 Å². The maximum absolute atomic E-state index is 10.8. The van der Waals surface area contributed by atoms with Crippen LogP contribution in [0.5, 0.6) is 0 Å². The Kier molecular flexibility index (Phi) is 31.0. The fourth-order valence-corrected chi connectivity index (χ4v) is 1.83. The van der Waals surface area contributed by atoms with Crippen LogP contribution in [-0.2, 0) is 32.7 Å². The average molecular weight is 480 g/mol. The fourth-order valence-electron chi connectivity index (χ4n) is 1.42. The number of halogens is 1. The van der Waals surface area contributed by atoms with Crippen LogP contribution in [0.15, 0.2) is 28.7 Å². The van der Waals surface area contributed by atoms with Gasteiger partial charge in [-0.2, -0.15) is 0 Å². The van der Waals surface area contributed by atoms with Gasteiger partial charge in [0, 0.05) is 49.8 Å². The van der Waals surface area contributed by atoms with Crippen LogP contribution in [0.2, 0.25) is 0 Å². The molecule has 0 heterocycles. The average Bonchev–Trinajstić information content (AvgIpc) is 2.36. The number of carbonyl (C=O) groups excluding carboxylic acids is 1. The first-order chi connectivity index (χ1) is 9.36. The van der Waals surface area contributed by atoms with Gasteiger partial charge in [-0.3, -0.25) is 0 Å². The molecule has 2 N–H and O–H groups in total. The Morgan fingerprint density at radius 3 is 2.00 bits per heavy atom. The van der Waals surface area contributed by atoms with Gasteiger partial charge < -0.3 is 10.6 Å². The maximum Gasteiger partial charge on any atom is 0.314 e. The van der Waals surface area contributed by atoms with Gasteiger partial charge in [-0.05, 0) is 43.9 Å². The van der Waals surface area contributed by atoms with Crippen LogP contribution in [-0.4, -0.2) is 18.6 Å². The maximum atomic E-state index is 10.8. The van der Waals surface area contributed by atoms with E-state index >= 15 is 0 Å². The van der Waals surface area contributed by atoms with Crippen LogP contribution in [0.4, 0.5) is 4.79 Å². The minimum absolute atomic E-state index is 0. The van der Waals surface area contributed by atoms with Gasteiger partial charge in [0.2, 0.25) is 0 Å². The molecule has 0 aliphatic rings. The summed E-state index contributed by atoms with van der Waals surface area (Å²) in [5.41, 5.74) is 1.38. The van der Waals surface area contributed by atoms with Crippen molar-refractivity contribution in [2.24, 2.45) is 0 Å². The Bertz CT molecular complexity index is 399. The SMILES string of the molecule is C.C.C.CC(C)c1cccc(Br)c1.CCCNC(=O)NC(C)C.[Y]. The number of carbonyl (C=O) groups is 1. The van der Waals surface area contributed by atoms with E-state index in [0.29, 0.717) is 5.92 Å². The normalized spacial score (nSPS) is 8.33. The first-order valence-electron chi connectivity index (χ1n) is 7.16. The summed E-state index contributed by atoms with van der Waals surface area (Å²) in [7, 11) is 0. The zero-order valence-corrected chi connectivity index (χ0v) is 18.2. The predicted molar refractivity (Wildman–Crippen MR) is 110 cm³/mol. The smallest absolute Gasteiger partial charge is 0.314 e. The number of amides is 2. The van der Waals surface area contributed by atoms with Crippen molar-refractivity contribution in [2.45, 2.75) is 75.3 Å². The molecule has 0 bridgehead atoms. The topological polar surface area (TPSA) is 41.1 Å². The van der Waals surface area contributed by atoms with Gasteiger partial charge in [-0.1, -0.05) is 71.1 Å². The standard InChI is InChI=1S/C9H11Br.C7H16N2O.3CH4.Y/c1-7(2)8-4-3-5-9(10)6-8;1-4-5-8-7(10)9-6(2)3;;;;/h3-7H,1-2H3;6H,4-5H2,1-3H3,(H2,8,9,10);3*1H4;. The predicted octanol–water partition coefficient (Wildman–Crippen LogP) is 6.58. The molecule has 1 aromatic carbocycles. The van der Waals surface area contributed by atoms with Crippen molar-refractivity contribution in [3.05, 3.63) is 34.3 Å². The van der Waals surface area contributed by atoms with Crippen LogP contribution < -0.4 is 10.6 Å². The largest absolute Gasteiger partial charge is 0.338 e. The molecule has 1 rings (SSSR count). The molecule has 0 saturated carbocycles. The van der Waals surface area contributed by atoms with Crippen molar-refractivity contribution in [1.82, 2.24) is 10.6 Å². The van der Waals surface area contributed by atoms with E-state index in [1.807, 2.05) is 26.8 Å². The number of urea groups is 1. The monoisotopic (exact) mass is 479 g/mol. The van der Waals surface area contributed by atoms with Crippen molar-refractivity contribution in [3.8, 4) is 0 Å². The third-order valence-corrected chi connectivity index (χ3v) is 2.96. The second-order valence-electron chi connectivity index (χ2n) is 5.26. The molecule has 0 aliphatic heterocycles. The molecule has 24 heavy (non-hydrogen) atoms. The molecule has 0 atom stereocenters. The summed E-state index contributed by atoms with van der Waals surface area (Å²) in [6, 6.07) is 8.57. The summed E-state index contributed by atoms with van der Waals surface area (Å²) in [6.45, 7) is 11.0. The van der Waals surface area contributed by atoms with Crippen LogP contribution in [0.25, 0.3) is 0 Å². The zero-order chi connectivity index (χ0) is 15.5. The zero-order valence-electron chi connectivity index (χ0n) is 13.7. The van der Waals surface area contributed by atoms with Crippen molar-refractivity contribution in [3.63, 3.8) is 0 Å². The minimum atomic E-state index is -0.0724. The van der Waals surface area contributed by atoms with Gasteiger partial charge in [0.05, 0.1) is 0 Å². The van der Waals surface area contributed by atoms with Gasteiger partial charge in [-0.25, -0.2) is 4.79 Å². The number of hydrogen-bond acceptors (Lipinski definition) is 1. The minimum Gasteiger partial charge on any atom is -0.338 e. The van der Waals surface area contributed by atoms with Crippen LogP contribution in [0, 0.1) is 0 Å². The molecule has 0 aromatic heterocycles. The molecule has 1 aromatic rings. The third kappa shape index (κ3) is 20.1. The fraction of sp³-hybridized carbons (Fsp3) is 0.632. The first kappa shape index (κ1) is 35.2. The number of rotatable bonds is 4. The number of nitrogens with one attached hydrogen (secondary N) is 2. The van der Waals surface area contributed by atoms with Gasteiger partial charge in [0.25, 0.3) is 0 Å². The summed E-state index contributed by atoms with van der Waals surface area (Å²) in [4.78, 5) is 10.8. The van der Waals surface area contributed by atoms with Crippen LogP contribution >= 0.6 is 15.9 Å². The molecule has 0 aliphatic carbocycles. The van der Waals surface area contributed by atoms with Gasteiger partial charge in [0.15, 0.2) is 0 Å². The second-order valence-corrected chi connectivity index (χ2v) is 6.18. The Morgan fingerprint density at radius 1 is 1.12 bits per heavy atom. The molecule has 5 heteroatoms. The summed E-state index contributed by atoms with van der Waals surface area (Å²) in [5, 5.41) is 5.44. The van der Waals surface area contributed by atoms with Gasteiger partial charge >= 0.3 is 6.03 Å². The molecule has 0 unspecified atom stereocenters. The van der Waals surface area contributed by atoms with E-state index < -0.39 is 0 Å². The summed E-state index contributed by atoms with van der Waals surface area (Å²) >= 11 is 3.43. The van der Waals surface area contributed by atoms with E-state index in [2.05, 4.69) is 58.6 Å². The summed E-state index contributed by atoms with van der Waals surface area (Å²) in [6.07, 6.45) is 0.978. The van der Waals surface area contributed by atoms with E-state index in [1.54, 1.807) is 0 Å². The van der Waals surface area contributed by atoms with E-state index in [-0.39, 0.29) is 67.1 Å². The number of benzene rings is 1. The molecule has 0 fully saturated rings. The molecular formula is C19H39BrN2OY. The van der Waals surface area contributed by atoms with Gasteiger partial charge in [-0.15, -0.1) is 0 Å². The molecule has 2 amide bonds. The quantitative estimate of drug-likeness (QED) is 0.502. The molecule has 0 saturated heterocycles. The first-order valence-corrected chi connectivity index (χ1v) is 7.95. The second kappa shape index (κ2) is 21.1. The Hall–Kier alpha value is 0.0739. The van der Waals surface area contributed by atoms with E-state index in [9.17, 15) is 4.79 Å². The molecule has 141 valence electrons. The van der Waals surface area contributed by atoms with Crippen molar-refractivity contribution >= 4 is 22.0 Å². The molecule has 0 spiro atoms. The Morgan fingerprint density at radius 2 is 1.67 bits per heavy atom. The summed E-state index contributed by atoms with van der Waals surface area (Å²) < 4.78 is 1.17. The van der Waals surface area contributed by atoms with Gasteiger partial charge in [0.1, 0.15) is 0 Å². The van der Waals surface area contributed by atoms with Crippen molar-refractivity contribution < 1.29 is 37.5 Å². The van der Waals surface area contributed by atoms with Crippen molar-refractivity contribution in [2.75, 3.05) is 6.54 Å². The van der Waals surface area contributed by atoms with Crippen molar-refractivity contribution in [1.29, 1.82) is 0 Å². The Labute approximate surface area is 185 Å². The third-order valence-electron chi connectivity index (χ3n) is 2.47. The molecule has 3 nitrogen and oxygen atoms in total. The van der Waals surface area contributed by atoms with Crippen LogP contribution in [0.3, 0.4) is 0 Å². The van der Waals surface area contributed by atoms with E-state index in [0.717, 1.165) is 13.0 Å². The van der Waals surface area contributed by atoms with E-state index in [4.69, 9.17) is 0 Å². The van der Waals surface area contributed by atoms with Crippen LogP contribution in [0.1, 0.15) is 74.8 Å².